The number of carbonyl (C=O) groups is 1. The van der Waals surface area contributed by atoms with Gasteiger partial charge in [0, 0.05) is 0 Å². The lowest BCUT2D eigenvalue weighted by Gasteiger charge is -2.32. The smallest absolute Gasteiger partial charge is 0.465 e. The Morgan fingerprint density at radius 2 is 1.45 bits per heavy atom. The van der Waals surface area contributed by atoms with Crippen molar-refractivity contribution < 1.29 is 18.8 Å². The van der Waals surface area contributed by atoms with Crippen molar-refractivity contribution in [3.05, 3.63) is 77.4 Å². The molecule has 2 aromatic rings. The summed E-state index contributed by atoms with van der Waals surface area (Å²) in [7, 11) is 0.808. The van der Waals surface area contributed by atoms with E-state index < -0.39 is 24.3 Å². The Balaban J connectivity index is 2.14. The third-order valence-corrected chi connectivity index (χ3v) is 6.35. The number of ether oxygens (including phenoxy) is 1. The molecule has 1 saturated heterocycles. The fourth-order valence-electron chi connectivity index (χ4n) is 3.67. The zero-order valence-electron chi connectivity index (χ0n) is 19.6. The summed E-state index contributed by atoms with van der Waals surface area (Å²) in [6, 6.07) is 11.7. The van der Waals surface area contributed by atoms with Crippen molar-refractivity contribution in [3.8, 4) is 0 Å². The average Bonchev–Trinajstić information content (AvgIpc) is 2.92. The van der Waals surface area contributed by atoms with E-state index in [4.69, 9.17) is 14.0 Å². The number of allylic oxidation sites excluding steroid dienone is 1. The standard InChI is InChI=1S/C26H31BO4/c1-16(2)19-10-12-20(13-11-19)18(4)22-15-21(24(28)29-9)14-17(3)23(22)27-30-25(5,6)26(7,8)31-27/h10-15H,1,4H2,2-3,5-9H3. The maximum atomic E-state index is 12.3. The number of rotatable bonds is 5. The summed E-state index contributed by atoms with van der Waals surface area (Å²) >= 11 is 0. The highest BCUT2D eigenvalue weighted by atomic mass is 16.7. The van der Waals surface area contributed by atoms with Crippen LogP contribution in [0.25, 0.3) is 11.1 Å². The normalized spacial score (nSPS) is 16.8. The summed E-state index contributed by atoms with van der Waals surface area (Å²) < 4.78 is 17.7. The van der Waals surface area contributed by atoms with Gasteiger partial charge in [0.05, 0.1) is 23.9 Å². The van der Waals surface area contributed by atoms with Gasteiger partial charge in [-0.2, -0.15) is 0 Å². The van der Waals surface area contributed by atoms with Crippen LogP contribution in [0.2, 0.25) is 0 Å². The van der Waals surface area contributed by atoms with Crippen LogP contribution in [-0.2, 0) is 14.0 Å². The van der Waals surface area contributed by atoms with E-state index in [0.29, 0.717) is 5.56 Å². The maximum Gasteiger partial charge on any atom is 0.495 e. The topological polar surface area (TPSA) is 44.8 Å². The van der Waals surface area contributed by atoms with Crippen LogP contribution in [0.15, 0.2) is 49.6 Å². The monoisotopic (exact) mass is 418 g/mol. The number of hydrogen-bond donors (Lipinski definition) is 0. The van der Waals surface area contributed by atoms with Crippen LogP contribution in [0.5, 0.6) is 0 Å². The molecule has 0 aliphatic carbocycles. The highest BCUT2D eigenvalue weighted by molar-refractivity contribution is 6.63. The molecule has 5 heteroatoms. The molecule has 3 rings (SSSR count). The molecule has 1 aliphatic rings. The molecule has 1 fully saturated rings. The Bertz CT molecular complexity index is 1030. The number of benzene rings is 2. The molecule has 0 radical (unpaired) electrons. The fraction of sp³-hybridized carbons (Fsp3) is 0.346. The summed E-state index contributed by atoms with van der Waals surface area (Å²) in [6.45, 7) is 20.4. The zero-order chi connectivity index (χ0) is 23.1. The first kappa shape index (κ1) is 23.0. The van der Waals surface area contributed by atoms with Gasteiger partial charge in [0.1, 0.15) is 0 Å². The molecule has 0 unspecified atom stereocenters. The summed E-state index contributed by atoms with van der Waals surface area (Å²) in [5.74, 6) is -0.393. The third-order valence-electron chi connectivity index (χ3n) is 6.35. The van der Waals surface area contributed by atoms with E-state index >= 15 is 0 Å². The molecule has 0 saturated carbocycles. The van der Waals surface area contributed by atoms with E-state index in [1.165, 1.54) is 7.11 Å². The predicted molar refractivity (Wildman–Crippen MR) is 128 cm³/mol. The molecular weight excluding hydrogens is 387 g/mol. The first-order chi connectivity index (χ1) is 14.4. The number of hydrogen-bond acceptors (Lipinski definition) is 4. The molecule has 0 amide bonds. The van der Waals surface area contributed by atoms with Crippen molar-refractivity contribution in [2.75, 3.05) is 7.11 Å². The van der Waals surface area contributed by atoms with Gasteiger partial charge in [0.2, 0.25) is 0 Å². The van der Waals surface area contributed by atoms with E-state index in [1.54, 1.807) is 0 Å². The number of aryl methyl sites for hydroxylation is 1. The van der Waals surface area contributed by atoms with Gasteiger partial charge in [-0.3, -0.25) is 0 Å². The van der Waals surface area contributed by atoms with Crippen molar-refractivity contribution in [1.29, 1.82) is 0 Å². The minimum Gasteiger partial charge on any atom is -0.465 e. The Labute approximate surface area is 186 Å². The first-order valence-electron chi connectivity index (χ1n) is 10.4. The Hall–Kier alpha value is -2.63. The zero-order valence-corrected chi connectivity index (χ0v) is 19.6. The number of carbonyl (C=O) groups excluding carboxylic acids is 1. The third kappa shape index (κ3) is 4.25. The van der Waals surface area contributed by atoms with Crippen LogP contribution in [0.3, 0.4) is 0 Å². The van der Waals surface area contributed by atoms with E-state index in [-0.39, 0.29) is 0 Å². The van der Waals surface area contributed by atoms with Crippen LogP contribution in [0, 0.1) is 6.92 Å². The Morgan fingerprint density at radius 3 is 1.94 bits per heavy atom. The molecule has 31 heavy (non-hydrogen) atoms. The molecule has 0 N–H and O–H groups in total. The van der Waals surface area contributed by atoms with Gasteiger partial charge >= 0.3 is 13.1 Å². The van der Waals surface area contributed by atoms with Gasteiger partial charge in [0.25, 0.3) is 0 Å². The maximum absolute atomic E-state index is 12.3. The minimum atomic E-state index is -0.571. The van der Waals surface area contributed by atoms with E-state index in [0.717, 1.165) is 38.9 Å². The highest BCUT2D eigenvalue weighted by Gasteiger charge is 2.52. The van der Waals surface area contributed by atoms with Crippen molar-refractivity contribution in [2.45, 2.75) is 52.7 Å². The first-order valence-corrected chi connectivity index (χ1v) is 10.4. The lowest BCUT2D eigenvalue weighted by atomic mass is 9.70. The van der Waals surface area contributed by atoms with Gasteiger partial charge in [0.15, 0.2) is 0 Å². The Morgan fingerprint density at radius 1 is 0.935 bits per heavy atom. The van der Waals surface area contributed by atoms with E-state index in [9.17, 15) is 4.79 Å². The average molecular weight is 418 g/mol. The number of methoxy groups -OCH3 is 1. The van der Waals surface area contributed by atoms with Crippen LogP contribution in [0.4, 0.5) is 0 Å². The molecule has 0 spiro atoms. The lowest BCUT2D eigenvalue weighted by Crippen LogP contribution is -2.41. The summed E-state index contributed by atoms with van der Waals surface area (Å²) in [5.41, 5.74) is 5.88. The molecular formula is C26H31BO4. The van der Waals surface area contributed by atoms with Gasteiger partial charge in [-0.1, -0.05) is 43.0 Å². The van der Waals surface area contributed by atoms with Crippen molar-refractivity contribution in [2.24, 2.45) is 0 Å². The summed E-state index contributed by atoms with van der Waals surface area (Å²) in [4.78, 5) is 12.3. The fourth-order valence-corrected chi connectivity index (χ4v) is 3.67. The second-order valence-electron chi connectivity index (χ2n) is 9.17. The largest absolute Gasteiger partial charge is 0.495 e. The molecule has 0 aromatic heterocycles. The van der Waals surface area contributed by atoms with Crippen LogP contribution in [-0.4, -0.2) is 31.4 Å². The van der Waals surface area contributed by atoms with Crippen molar-refractivity contribution >= 4 is 29.7 Å². The van der Waals surface area contributed by atoms with E-state index in [1.807, 2.05) is 77.9 Å². The molecule has 0 bridgehead atoms. The van der Waals surface area contributed by atoms with Gasteiger partial charge < -0.3 is 14.0 Å². The van der Waals surface area contributed by atoms with Crippen LogP contribution in [0.1, 0.15) is 67.2 Å². The van der Waals surface area contributed by atoms with Crippen LogP contribution < -0.4 is 5.46 Å². The van der Waals surface area contributed by atoms with E-state index in [2.05, 4.69) is 13.2 Å². The summed E-state index contributed by atoms with van der Waals surface area (Å²) in [5, 5.41) is 0. The predicted octanol–water partition coefficient (Wildman–Crippen LogP) is 5.18. The molecule has 162 valence electrons. The van der Waals surface area contributed by atoms with Gasteiger partial charge in [-0.15, -0.1) is 0 Å². The summed E-state index contributed by atoms with van der Waals surface area (Å²) in [6.07, 6.45) is 0. The highest BCUT2D eigenvalue weighted by Crippen LogP contribution is 2.38. The van der Waals surface area contributed by atoms with Crippen molar-refractivity contribution in [3.63, 3.8) is 0 Å². The molecule has 2 aromatic carbocycles. The van der Waals surface area contributed by atoms with Crippen LogP contribution >= 0.6 is 0 Å². The minimum absolute atomic E-state index is 0.393. The molecule has 1 aliphatic heterocycles. The lowest BCUT2D eigenvalue weighted by molar-refractivity contribution is 0.00578. The van der Waals surface area contributed by atoms with Gasteiger partial charge in [-0.05, 0) is 87.0 Å². The second kappa shape index (κ2) is 8.14. The second-order valence-corrected chi connectivity index (χ2v) is 9.17. The Kier molecular flexibility index (Phi) is 6.05. The molecule has 1 heterocycles. The molecule has 0 atom stereocenters. The quantitative estimate of drug-likeness (QED) is 0.496. The van der Waals surface area contributed by atoms with Gasteiger partial charge in [-0.25, -0.2) is 4.79 Å². The SMILES string of the molecule is C=C(C)c1ccc(C(=C)c2cc(C(=O)OC)cc(C)c2B2OC(C)(C)C(C)(C)O2)cc1. The van der Waals surface area contributed by atoms with Crippen molar-refractivity contribution in [1.82, 2.24) is 0 Å². The molecule has 4 nitrogen and oxygen atoms in total. The number of esters is 1.